The Balaban J connectivity index is 1.34. The molecule has 5 rings (SSSR count). The van der Waals surface area contributed by atoms with Gasteiger partial charge in [-0.25, -0.2) is 0 Å². The Morgan fingerprint density at radius 3 is 2.06 bits per heavy atom. The molecule has 0 N–H and O–H groups in total. The van der Waals surface area contributed by atoms with Crippen molar-refractivity contribution >= 4 is 28.2 Å². The van der Waals surface area contributed by atoms with Gasteiger partial charge in [-0.2, -0.15) is 0 Å². The van der Waals surface area contributed by atoms with Crippen LogP contribution >= 0.6 is 11.3 Å². The third kappa shape index (κ3) is 4.69. The zero-order valence-corrected chi connectivity index (χ0v) is 19.6. The summed E-state index contributed by atoms with van der Waals surface area (Å²) in [4.78, 5) is 32.9. The molecule has 7 heteroatoms. The van der Waals surface area contributed by atoms with Crippen molar-refractivity contribution in [2.75, 3.05) is 44.2 Å². The van der Waals surface area contributed by atoms with E-state index in [0.29, 0.717) is 31.9 Å². The van der Waals surface area contributed by atoms with Crippen molar-refractivity contribution < 1.29 is 14.0 Å². The number of benzene rings is 1. The summed E-state index contributed by atoms with van der Waals surface area (Å²) < 4.78 is 5.24. The van der Waals surface area contributed by atoms with E-state index >= 15 is 0 Å². The number of anilines is 1. The second-order valence-corrected chi connectivity index (χ2v) is 9.69. The number of carbonyl (C=O) groups excluding carboxylic acids is 2. The molecule has 0 spiro atoms. The molecule has 33 heavy (non-hydrogen) atoms. The number of hydrogen-bond acceptors (Lipinski definition) is 5. The summed E-state index contributed by atoms with van der Waals surface area (Å²) in [5.74, 6) is 0.295. The quantitative estimate of drug-likeness (QED) is 0.547. The number of furan rings is 1. The maximum Gasteiger partial charge on any atom is 0.289 e. The van der Waals surface area contributed by atoms with Crippen LogP contribution in [0.5, 0.6) is 0 Å². The highest BCUT2D eigenvalue weighted by molar-refractivity contribution is 7.18. The zero-order valence-electron chi connectivity index (χ0n) is 18.7. The SMILES string of the molecule is O=C(c1ccco1)N1CCN(C(=O)c2cc(-c3ccccc3)c(N3CCCCCC3)s2)CC1. The molecule has 0 radical (unpaired) electrons. The van der Waals surface area contributed by atoms with Crippen molar-refractivity contribution in [2.45, 2.75) is 25.7 Å². The molecular formula is C26H29N3O3S. The molecule has 6 nitrogen and oxygen atoms in total. The summed E-state index contributed by atoms with van der Waals surface area (Å²) in [6.45, 7) is 4.18. The van der Waals surface area contributed by atoms with Gasteiger partial charge in [-0.05, 0) is 36.6 Å². The Morgan fingerprint density at radius 2 is 1.42 bits per heavy atom. The number of rotatable bonds is 4. The predicted octanol–water partition coefficient (Wildman–Crippen LogP) is 4.99. The molecule has 1 aromatic carbocycles. The van der Waals surface area contributed by atoms with Crippen LogP contribution in [0.15, 0.2) is 59.2 Å². The standard InChI is InChI=1S/C26H29N3O3S/c30-24(22-11-8-18-32-22)27-14-16-28(17-15-27)25(31)23-19-21(20-9-4-3-5-10-20)26(33-23)29-12-6-1-2-7-13-29/h3-5,8-11,18-19H,1-2,6-7,12-17H2. The Labute approximate surface area is 198 Å². The Hall–Kier alpha value is -3.06. The molecule has 2 aliphatic heterocycles. The van der Waals surface area contributed by atoms with Gasteiger partial charge in [-0.3, -0.25) is 9.59 Å². The molecule has 3 aromatic rings. The fourth-order valence-electron chi connectivity index (χ4n) is 4.64. The molecule has 2 aliphatic rings. The first kappa shape index (κ1) is 21.8. The fourth-order valence-corrected chi connectivity index (χ4v) is 5.84. The largest absolute Gasteiger partial charge is 0.459 e. The van der Waals surface area contributed by atoms with E-state index in [1.54, 1.807) is 28.4 Å². The second kappa shape index (κ2) is 9.83. The molecule has 0 aliphatic carbocycles. The summed E-state index contributed by atoms with van der Waals surface area (Å²) in [5.41, 5.74) is 2.30. The number of carbonyl (C=O) groups is 2. The number of hydrogen-bond donors (Lipinski definition) is 0. The highest BCUT2D eigenvalue weighted by Crippen LogP contribution is 2.40. The van der Waals surface area contributed by atoms with Gasteiger partial charge in [0, 0.05) is 44.8 Å². The third-order valence-corrected chi connectivity index (χ3v) is 7.67. The minimum Gasteiger partial charge on any atom is -0.459 e. The molecule has 2 fully saturated rings. The molecule has 0 atom stereocenters. The first-order chi connectivity index (χ1) is 16.2. The second-order valence-electron chi connectivity index (χ2n) is 8.66. The number of amides is 2. The molecule has 2 saturated heterocycles. The van der Waals surface area contributed by atoms with Crippen LogP contribution in [0, 0.1) is 0 Å². The van der Waals surface area contributed by atoms with Crippen molar-refractivity contribution in [2.24, 2.45) is 0 Å². The van der Waals surface area contributed by atoms with Gasteiger partial charge in [0.25, 0.3) is 11.8 Å². The van der Waals surface area contributed by atoms with Crippen molar-refractivity contribution in [1.82, 2.24) is 9.80 Å². The first-order valence-corrected chi connectivity index (χ1v) is 12.6. The van der Waals surface area contributed by atoms with Crippen LogP contribution in [0.2, 0.25) is 0 Å². The Morgan fingerprint density at radius 1 is 0.758 bits per heavy atom. The van der Waals surface area contributed by atoms with E-state index in [2.05, 4.69) is 35.2 Å². The van der Waals surface area contributed by atoms with Gasteiger partial charge in [0.15, 0.2) is 5.76 Å². The Kier molecular flexibility index (Phi) is 6.48. The van der Waals surface area contributed by atoms with Gasteiger partial charge in [-0.1, -0.05) is 43.2 Å². The van der Waals surface area contributed by atoms with Gasteiger partial charge in [-0.15, -0.1) is 11.3 Å². The molecule has 172 valence electrons. The fraction of sp³-hybridized carbons (Fsp3) is 0.385. The van der Waals surface area contributed by atoms with E-state index in [1.165, 1.54) is 36.9 Å². The van der Waals surface area contributed by atoms with Gasteiger partial charge < -0.3 is 19.1 Å². The lowest BCUT2D eigenvalue weighted by Crippen LogP contribution is -2.50. The summed E-state index contributed by atoms with van der Waals surface area (Å²) in [7, 11) is 0. The molecule has 0 unspecified atom stereocenters. The summed E-state index contributed by atoms with van der Waals surface area (Å²) in [6.07, 6.45) is 6.45. The van der Waals surface area contributed by atoms with Gasteiger partial charge in [0.05, 0.1) is 16.1 Å². The highest BCUT2D eigenvalue weighted by Gasteiger charge is 2.29. The maximum atomic E-state index is 13.4. The summed E-state index contributed by atoms with van der Waals surface area (Å²) >= 11 is 1.62. The van der Waals surface area contributed by atoms with Crippen molar-refractivity contribution in [3.63, 3.8) is 0 Å². The predicted molar refractivity (Wildman–Crippen MR) is 131 cm³/mol. The molecular weight excluding hydrogens is 434 g/mol. The average Bonchev–Trinajstić information content (AvgIpc) is 3.49. The summed E-state index contributed by atoms with van der Waals surface area (Å²) in [6, 6.07) is 15.8. The lowest BCUT2D eigenvalue weighted by atomic mass is 10.1. The topological polar surface area (TPSA) is 57.0 Å². The van der Waals surface area contributed by atoms with E-state index < -0.39 is 0 Å². The minimum atomic E-state index is -0.113. The van der Waals surface area contributed by atoms with Crippen molar-refractivity contribution in [1.29, 1.82) is 0 Å². The zero-order chi connectivity index (χ0) is 22.6. The van der Waals surface area contributed by atoms with Crippen LogP contribution < -0.4 is 4.90 Å². The molecule has 0 saturated carbocycles. The van der Waals surface area contributed by atoms with Crippen LogP contribution in [0.25, 0.3) is 11.1 Å². The van der Waals surface area contributed by atoms with E-state index in [0.717, 1.165) is 29.1 Å². The monoisotopic (exact) mass is 463 g/mol. The minimum absolute atomic E-state index is 0.0587. The highest BCUT2D eigenvalue weighted by atomic mass is 32.1. The van der Waals surface area contributed by atoms with Gasteiger partial charge >= 0.3 is 0 Å². The third-order valence-electron chi connectivity index (χ3n) is 6.49. The van der Waals surface area contributed by atoms with Crippen molar-refractivity contribution in [3.8, 4) is 11.1 Å². The lowest BCUT2D eigenvalue weighted by Gasteiger charge is -2.34. The molecule has 4 heterocycles. The van der Waals surface area contributed by atoms with Crippen LogP contribution in [-0.2, 0) is 0 Å². The number of piperazine rings is 1. The van der Waals surface area contributed by atoms with Crippen LogP contribution in [0.1, 0.15) is 45.9 Å². The van der Waals surface area contributed by atoms with Crippen LogP contribution in [0.3, 0.4) is 0 Å². The van der Waals surface area contributed by atoms with Gasteiger partial charge in [0.1, 0.15) is 0 Å². The van der Waals surface area contributed by atoms with Crippen LogP contribution in [0.4, 0.5) is 5.00 Å². The molecule has 2 aromatic heterocycles. The van der Waals surface area contributed by atoms with E-state index in [9.17, 15) is 9.59 Å². The smallest absolute Gasteiger partial charge is 0.289 e. The Bertz CT molecular complexity index is 1080. The maximum absolute atomic E-state index is 13.4. The number of nitrogens with zero attached hydrogens (tertiary/aromatic N) is 3. The summed E-state index contributed by atoms with van der Waals surface area (Å²) in [5, 5.41) is 1.21. The molecule has 0 bridgehead atoms. The van der Waals surface area contributed by atoms with E-state index in [1.807, 2.05) is 11.0 Å². The lowest BCUT2D eigenvalue weighted by molar-refractivity contribution is 0.0520. The normalized spacial score (nSPS) is 17.2. The first-order valence-electron chi connectivity index (χ1n) is 11.8. The van der Waals surface area contributed by atoms with E-state index in [-0.39, 0.29) is 11.8 Å². The van der Waals surface area contributed by atoms with Crippen molar-refractivity contribution in [3.05, 3.63) is 65.4 Å². The van der Waals surface area contributed by atoms with E-state index in [4.69, 9.17) is 4.42 Å². The van der Waals surface area contributed by atoms with Crippen LogP contribution in [-0.4, -0.2) is 60.9 Å². The molecule has 2 amide bonds. The van der Waals surface area contributed by atoms with Gasteiger partial charge in [0.2, 0.25) is 0 Å². The number of thiophene rings is 1. The average molecular weight is 464 g/mol.